The molecule has 108 valence electrons. The summed E-state index contributed by atoms with van der Waals surface area (Å²) in [7, 11) is 0. The van der Waals surface area contributed by atoms with Gasteiger partial charge in [0.1, 0.15) is 0 Å². The van der Waals surface area contributed by atoms with Crippen molar-refractivity contribution in [1.82, 2.24) is 4.90 Å². The Labute approximate surface area is 113 Å². The molecule has 1 aliphatic heterocycles. The fraction of sp³-hybridized carbons (Fsp3) is 0.600. The summed E-state index contributed by atoms with van der Waals surface area (Å²) in [5.74, 6) is 0. The Kier molecular flexibility index (Phi) is 5.85. The first-order valence-electron chi connectivity index (χ1n) is 6.87. The second kappa shape index (κ2) is 6.94. The fourth-order valence-corrected chi connectivity index (χ4v) is 2.26. The standard InChI is InChI=1S/C13H16F3N.C2H6/c1-10-3-2-8-17(10)9-11-4-6-12(7-5-11)13(14,15)16;1-2/h4-7,10H,2-3,8-9H2,1H3;1-2H3/t10-;/m0./s1. The van der Waals surface area contributed by atoms with Gasteiger partial charge in [0.05, 0.1) is 5.56 Å². The van der Waals surface area contributed by atoms with Crippen molar-refractivity contribution in [3.05, 3.63) is 35.4 Å². The molecule has 0 aliphatic carbocycles. The highest BCUT2D eigenvalue weighted by atomic mass is 19.4. The minimum absolute atomic E-state index is 0.539. The first-order chi connectivity index (χ1) is 8.97. The number of hydrogen-bond donors (Lipinski definition) is 0. The average Bonchev–Trinajstić information content (AvgIpc) is 2.77. The summed E-state index contributed by atoms with van der Waals surface area (Å²) in [4.78, 5) is 2.31. The Morgan fingerprint density at radius 3 is 2.16 bits per heavy atom. The van der Waals surface area contributed by atoms with Crippen LogP contribution >= 0.6 is 0 Å². The number of rotatable bonds is 2. The highest BCUT2D eigenvalue weighted by Crippen LogP contribution is 2.29. The lowest BCUT2D eigenvalue weighted by Gasteiger charge is -2.21. The maximum atomic E-state index is 12.4. The number of benzene rings is 1. The van der Waals surface area contributed by atoms with E-state index in [1.165, 1.54) is 12.8 Å². The molecule has 0 N–H and O–H groups in total. The van der Waals surface area contributed by atoms with Gasteiger partial charge in [-0.05, 0) is 44.0 Å². The SMILES string of the molecule is CC.C[C@H]1CCCN1Cc1ccc(C(F)(F)F)cc1. The highest BCUT2D eigenvalue weighted by Gasteiger charge is 2.30. The number of alkyl halides is 3. The van der Waals surface area contributed by atoms with E-state index in [4.69, 9.17) is 0 Å². The van der Waals surface area contributed by atoms with Crippen molar-refractivity contribution in [2.24, 2.45) is 0 Å². The Balaban J connectivity index is 0.000000861. The minimum Gasteiger partial charge on any atom is -0.296 e. The van der Waals surface area contributed by atoms with E-state index in [1.807, 2.05) is 13.8 Å². The van der Waals surface area contributed by atoms with Crippen LogP contribution in [-0.4, -0.2) is 17.5 Å². The van der Waals surface area contributed by atoms with E-state index < -0.39 is 11.7 Å². The number of hydrogen-bond acceptors (Lipinski definition) is 1. The molecule has 0 amide bonds. The molecular formula is C15H22F3N. The van der Waals surface area contributed by atoms with Crippen LogP contribution in [0, 0.1) is 0 Å². The highest BCUT2D eigenvalue weighted by molar-refractivity contribution is 5.24. The molecule has 1 aliphatic rings. The normalized spacial score (nSPS) is 20.0. The molecule has 1 saturated heterocycles. The summed E-state index contributed by atoms with van der Waals surface area (Å²) >= 11 is 0. The molecule has 0 saturated carbocycles. The van der Waals surface area contributed by atoms with Gasteiger partial charge in [0.15, 0.2) is 0 Å². The summed E-state index contributed by atoms with van der Waals surface area (Å²) in [6.07, 6.45) is -1.87. The third-order valence-electron chi connectivity index (χ3n) is 3.36. The van der Waals surface area contributed by atoms with E-state index in [0.717, 1.165) is 30.8 Å². The minimum atomic E-state index is -4.24. The van der Waals surface area contributed by atoms with Crippen LogP contribution in [0.3, 0.4) is 0 Å². The molecule has 0 unspecified atom stereocenters. The van der Waals surface area contributed by atoms with Crippen LogP contribution in [0.2, 0.25) is 0 Å². The first kappa shape index (κ1) is 16.0. The van der Waals surface area contributed by atoms with Gasteiger partial charge in [-0.25, -0.2) is 0 Å². The van der Waals surface area contributed by atoms with E-state index >= 15 is 0 Å². The predicted octanol–water partition coefficient (Wildman–Crippen LogP) is 4.72. The third-order valence-corrected chi connectivity index (χ3v) is 3.36. The second-order valence-corrected chi connectivity index (χ2v) is 4.66. The van der Waals surface area contributed by atoms with Crippen LogP contribution < -0.4 is 0 Å². The van der Waals surface area contributed by atoms with E-state index in [0.29, 0.717) is 6.04 Å². The summed E-state index contributed by atoms with van der Waals surface area (Å²) in [5.41, 5.74) is 0.377. The smallest absolute Gasteiger partial charge is 0.296 e. The van der Waals surface area contributed by atoms with Gasteiger partial charge in [-0.15, -0.1) is 0 Å². The molecule has 4 heteroatoms. The van der Waals surface area contributed by atoms with Crippen LogP contribution in [0.25, 0.3) is 0 Å². The first-order valence-corrected chi connectivity index (χ1v) is 6.87. The third kappa shape index (κ3) is 4.53. The van der Waals surface area contributed by atoms with Gasteiger partial charge in [0, 0.05) is 12.6 Å². The Morgan fingerprint density at radius 1 is 1.16 bits per heavy atom. The molecule has 0 bridgehead atoms. The van der Waals surface area contributed by atoms with Gasteiger partial charge in [0.25, 0.3) is 0 Å². The Hall–Kier alpha value is -1.03. The second-order valence-electron chi connectivity index (χ2n) is 4.66. The Morgan fingerprint density at radius 2 is 1.74 bits per heavy atom. The molecule has 1 aromatic rings. The Bertz CT molecular complexity index is 370. The van der Waals surface area contributed by atoms with E-state index in [9.17, 15) is 13.2 Å². The molecule has 0 radical (unpaired) electrons. The van der Waals surface area contributed by atoms with Gasteiger partial charge in [-0.3, -0.25) is 4.90 Å². The summed E-state index contributed by atoms with van der Waals surface area (Å²) < 4.78 is 37.1. The van der Waals surface area contributed by atoms with Crippen molar-refractivity contribution < 1.29 is 13.2 Å². The molecule has 0 aromatic heterocycles. The van der Waals surface area contributed by atoms with Crippen molar-refractivity contribution in [3.63, 3.8) is 0 Å². The topological polar surface area (TPSA) is 3.24 Å². The molecule has 1 atom stereocenters. The van der Waals surface area contributed by atoms with Crippen molar-refractivity contribution in [3.8, 4) is 0 Å². The zero-order chi connectivity index (χ0) is 14.5. The van der Waals surface area contributed by atoms with Crippen LogP contribution in [0.15, 0.2) is 24.3 Å². The molecule has 1 nitrogen and oxygen atoms in total. The predicted molar refractivity (Wildman–Crippen MR) is 71.9 cm³/mol. The van der Waals surface area contributed by atoms with Gasteiger partial charge < -0.3 is 0 Å². The van der Waals surface area contributed by atoms with Crippen LogP contribution in [0.5, 0.6) is 0 Å². The maximum absolute atomic E-state index is 12.4. The molecule has 1 aromatic carbocycles. The summed E-state index contributed by atoms with van der Waals surface area (Å²) in [5, 5.41) is 0. The molecule has 19 heavy (non-hydrogen) atoms. The van der Waals surface area contributed by atoms with Crippen molar-refractivity contribution >= 4 is 0 Å². The molecule has 0 spiro atoms. The van der Waals surface area contributed by atoms with E-state index in [2.05, 4.69) is 11.8 Å². The van der Waals surface area contributed by atoms with Crippen molar-refractivity contribution in [2.45, 2.75) is 52.4 Å². The molecular weight excluding hydrogens is 251 g/mol. The number of nitrogens with zero attached hydrogens (tertiary/aromatic N) is 1. The quantitative estimate of drug-likeness (QED) is 0.754. The lowest BCUT2D eigenvalue weighted by atomic mass is 10.1. The number of likely N-dealkylation sites (tertiary alicyclic amines) is 1. The largest absolute Gasteiger partial charge is 0.416 e. The zero-order valence-corrected chi connectivity index (χ0v) is 11.8. The maximum Gasteiger partial charge on any atom is 0.416 e. The van der Waals surface area contributed by atoms with Gasteiger partial charge in [0.2, 0.25) is 0 Å². The van der Waals surface area contributed by atoms with E-state index in [-0.39, 0.29) is 0 Å². The van der Waals surface area contributed by atoms with Crippen molar-refractivity contribution in [1.29, 1.82) is 0 Å². The lowest BCUT2D eigenvalue weighted by molar-refractivity contribution is -0.137. The zero-order valence-electron chi connectivity index (χ0n) is 11.8. The fourth-order valence-electron chi connectivity index (χ4n) is 2.26. The summed E-state index contributed by atoms with van der Waals surface area (Å²) in [6, 6.07) is 6.02. The van der Waals surface area contributed by atoms with E-state index in [1.54, 1.807) is 12.1 Å². The van der Waals surface area contributed by atoms with Crippen molar-refractivity contribution in [2.75, 3.05) is 6.54 Å². The van der Waals surface area contributed by atoms with Crippen LogP contribution in [0.4, 0.5) is 13.2 Å². The van der Waals surface area contributed by atoms with Gasteiger partial charge in [-0.1, -0.05) is 26.0 Å². The van der Waals surface area contributed by atoms with Crippen LogP contribution in [-0.2, 0) is 12.7 Å². The number of halogens is 3. The van der Waals surface area contributed by atoms with Crippen LogP contribution in [0.1, 0.15) is 44.7 Å². The van der Waals surface area contributed by atoms with Gasteiger partial charge in [-0.2, -0.15) is 13.2 Å². The monoisotopic (exact) mass is 273 g/mol. The average molecular weight is 273 g/mol. The lowest BCUT2D eigenvalue weighted by Crippen LogP contribution is -2.26. The molecule has 1 fully saturated rings. The molecule has 1 heterocycles. The summed E-state index contributed by atoms with van der Waals surface area (Å²) in [6.45, 7) is 7.96. The van der Waals surface area contributed by atoms with Gasteiger partial charge >= 0.3 is 6.18 Å². The molecule has 2 rings (SSSR count).